The maximum Gasteiger partial charge on any atom is 0.394 e. The first-order valence-electron chi connectivity index (χ1n) is 7.73. The molecule has 1 aliphatic heterocycles. The van der Waals surface area contributed by atoms with Gasteiger partial charge in [0.25, 0.3) is 5.91 Å². The lowest BCUT2D eigenvalue weighted by Crippen LogP contribution is -2.34. The van der Waals surface area contributed by atoms with E-state index in [-0.39, 0.29) is 5.56 Å². The molecule has 3 rings (SSSR count). The quantitative estimate of drug-likeness (QED) is 0.894. The number of carboxylic acids is 1. The van der Waals surface area contributed by atoms with Gasteiger partial charge >= 0.3 is 12.1 Å². The van der Waals surface area contributed by atoms with E-state index in [1.165, 1.54) is 29.5 Å². The van der Waals surface area contributed by atoms with Crippen LogP contribution in [0.15, 0.2) is 30.9 Å². The van der Waals surface area contributed by atoms with Crippen LogP contribution in [0.25, 0.3) is 5.69 Å². The number of carboxylic acid groups (broad SMARTS) is 1. The molecular formula is C16H15F3N4O3. The van der Waals surface area contributed by atoms with Crippen LogP contribution in [0, 0.1) is 18.8 Å². The minimum atomic E-state index is -4.68. The van der Waals surface area contributed by atoms with Crippen molar-refractivity contribution in [2.45, 2.75) is 13.1 Å². The van der Waals surface area contributed by atoms with Gasteiger partial charge in [0.05, 0.1) is 17.5 Å². The maximum absolute atomic E-state index is 13.1. The Morgan fingerprint density at radius 1 is 1.27 bits per heavy atom. The number of nitrogens with zero attached hydrogens (tertiary/aromatic N) is 4. The number of aliphatic carboxylic acids is 1. The van der Waals surface area contributed by atoms with Gasteiger partial charge in [0.2, 0.25) is 0 Å². The molecule has 1 fully saturated rings. The smallest absolute Gasteiger partial charge is 0.394 e. The molecule has 0 unspecified atom stereocenters. The van der Waals surface area contributed by atoms with Crippen LogP contribution in [0.1, 0.15) is 15.9 Å². The van der Waals surface area contributed by atoms with Crippen LogP contribution < -0.4 is 0 Å². The highest BCUT2D eigenvalue weighted by atomic mass is 19.4. The number of benzene rings is 1. The van der Waals surface area contributed by atoms with E-state index in [4.69, 9.17) is 5.11 Å². The summed E-state index contributed by atoms with van der Waals surface area (Å²) in [5, 5.41) is 13.0. The largest absolute Gasteiger partial charge is 0.481 e. The molecule has 7 nitrogen and oxygen atoms in total. The van der Waals surface area contributed by atoms with E-state index >= 15 is 0 Å². The molecule has 0 radical (unpaired) electrons. The lowest BCUT2D eigenvalue weighted by atomic mass is 9.96. The van der Waals surface area contributed by atoms with Gasteiger partial charge in [0, 0.05) is 18.7 Å². The summed E-state index contributed by atoms with van der Waals surface area (Å²) in [6, 6.07) is 4.63. The molecule has 1 amide bonds. The molecule has 1 aliphatic rings. The summed E-state index contributed by atoms with van der Waals surface area (Å²) < 4.78 is 40.7. The van der Waals surface area contributed by atoms with Crippen LogP contribution in [0.3, 0.4) is 0 Å². The normalized spacial score (nSPS) is 20.4. The molecule has 1 aromatic heterocycles. The van der Waals surface area contributed by atoms with Gasteiger partial charge in [-0.1, -0.05) is 0 Å². The third-order valence-electron chi connectivity index (χ3n) is 4.45. The summed E-state index contributed by atoms with van der Waals surface area (Å²) in [6.45, 7) is 0.599. The van der Waals surface area contributed by atoms with E-state index in [1.54, 1.807) is 13.0 Å². The van der Waals surface area contributed by atoms with E-state index in [1.807, 2.05) is 0 Å². The number of amides is 1. The SMILES string of the molecule is Cc1cc(C(=O)N2C[C@@H](C(F)(F)F)[C@H](C(=O)O)C2)ccc1-n1cncn1. The number of aryl methyl sites for hydroxylation is 1. The highest BCUT2D eigenvalue weighted by molar-refractivity contribution is 5.95. The Morgan fingerprint density at radius 2 is 2.00 bits per heavy atom. The molecule has 10 heteroatoms. The number of carbonyl (C=O) groups excluding carboxylic acids is 1. The van der Waals surface area contributed by atoms with Gasteiger partial charge in [-0.25, -0.2) is 9.67 Å². The number of rotatable bonds is 3. The number of likely N-dealkylation sites (tertiary alicyclic amines) is 1. The maximum atomic E-state index is 13.1. The highest BCUT2D eigenvalue weighted by Crippen LogP contribution is 2.38. The average Bonchev–Trinajstić information content (AvgIpc) is 3.23. The number of alkyl halides is 3. The third-order valence-corrected chi connectivity index (χ3v) is 4.45. The van der Waals surface area contributed by atoms with Crippen LogP contribution in [-0.4, -0.2) is 55.9 Å². The van der Waals surface area contributed by atoms with Crippen molar-refractivity contribution in [2.75, 3.05) is 13.1 Å². The first kappa shape index (κ1) is 17.9. The molecule has 1 saturated heterocycles. The van der Waals surface area contributed by atoms with Crippen LogP contribution in [0.2, 0.25) is 0 Å². The summed E-state index contributed by atoms with van der Waals surface area (Å²) >= 11 is 0. The molecule has 2 atom stereocenters. The fourth-order valence-corrected chi connectivity index (χ4v) is 3.11. The first-order valence-corrected chi connectivity index (χ1v) is 7.73. The Morgan fingerprint density at radius 3 is 2.50 bits per heavy atom. The Bertz CT molecular complexity index is 836. The summed E-state index contributed by atoms with van der Waals surface area (Å²) in [5.41, 5.74) is 1.55. The van der Waals surface area contributed by atoms with Gasteiger partial charge in [0.15, 0.2) is 0 Å². The zero-order chi connectivity index (χ0) is 19.1. The van der Waals surface area contributed by atoms with Crippen molar-refractivity contribution in [2.24, 2.45) is 11.8 Å². The number of halogens is 3. The van der Waals surface area contributed by atoms with Crippen LogP contribution in [-0.2, 0) is 4.79 Å². The first-order chi connectivity index (χ1) is 12.2. The fourth-order valence-electron chi connectivity index (χ4n) is 3.11. The molecule has 0 saturated carbocycles. The highest BCUT2D eigenvalue weighted by Gasteiger charge is 2.53. The molecule has 26 heavy (non-hydrogen) atoms. The lowest BCUT2D eigenvalue weighted by molar-refractivity contribution is -0.187. The summed E-state index contributed by atoms with van der Waals surface area (Å²) in [7, 11) is 0. The molecule has 0 spiro atoms. The molecule has 0 aliphatic carbocycles. The van der Waals surface area contributed by atoms with E-state index in [0.717, 1.165) is 4.90 Å². The topological polar surface area (TPSA) is 88.3 Å². The average molecular weight is 368 g/mol. The number of hydrogen-bond acceptors (Lipinski definition) is 4. The second-order valence-electron chi connectivity index (χ2n) is 6.14. The molecule has 0 bridgehead atoms. The van der Waals surface area contributed by atoms with Gasteiger partial charge in [-0.3, -0.25) is 9.59 Å². The molecular weight excluding hydrogens is 353 g/mol. The number of aromatic nitrogens is 3. The summed E-state index contributed by atoms with van der Waals surface area (Å²) in [4.78, 5) is 28.5. The molecule has 138 valence electrons. The predicted octanol–water partition coefficient (Wildman–Crippen LogP) is 1.91. The van der Waals surface area contributed by atoms with Gasteiger partial charge in [-0.05, 0) is 30.7 Å². The Balaban J connectivity index is 1.84. The van der Waals surface area contributed by atoms with Crippen molar-refractivity contribution in [3.8, 4) is 5.69 Å². The van der Waals surface area contributed by atoms with E-state index in [2.05, 4.69) is 10.1 Å². The van der Waals surface area contributed by atoms with Crippen molar-refractivity contribution in [1.82, 2.24) is 19.7 Å². The predicted molar refractivity (Wildman–Crippen MR) is 82.7 cm³/mol. The van der Waals surface area contributed by atoms with Gasteiger partial charge in [-0.2, -0.15) is 18.3 Å². The third kappa shape index (κ3) is 3.26. The minimum absolute atomic E-state index is 0.193. The van der Waals surface area contributed by atoms with Crippen molar-refractivity contribution < 1.29 is 27.9 Å². The van der Waals surface area contributed by atoms with E-state index in [9.17, 15) is 22.8 Å². The van der Waals surface area contributed by atoms with Crippen molar-refractivity contribution in [1.29, 1.82) is 0 Å². The van der Waals surface area contributed by atoms with Crippen molar-refractivity contribution >= 4 is 11.9 Å². The Kier molecular flexibility index (Phi) is 4.43. The monoisotopic (exact) mass is 368 g/mol. The second-order valence-corrected chi connectivity index (χ2v) is 6.14. The van der Waals surface area contributed by atoms with Gasteiger partial charge in [0.1, 0.15) is 12.7 Å². The molecule has 2 aromatic rings. The fraction of sp³-hybridized carbons (Fsp3) is 0.375. The van der Waals surface area contributed by atoms with Crippen LogP contribution in [0.5, 0.6) is 0 Å². The molecule has 1 aromatic carbocycles. The van der Waals surface area contributed by atoms with Crippen molar-refractivity contribution in [3.63, 3.8) is 0 Å². The standard InChI is InChI=1S/C16H15F3N4O3/c1-9-4-10(2-3-13(9)23-8-20-7-21-23)14(24)22-5-11(15(25)26)12(6-22)16(17,18)19/h2-4,7-8,11-12H,5-6H2,1H3,(H,25,26)/t11-,12-/m1/s1. The van der Waals surface area contributed by atoms with Gasteiger partial charge in [-0.15, -0.1) is 0 Å². The zero-order valence-electron chi connectivity index (χ0n) is 13.6. The number of hydrogen-bond donors (Lipinski definition) is 1. The van der Waals surface area contributed by atoms with Crippen LogP contribution >= 0.6 is 0 Å². The minimum Gasteiger partial charge on any atom is -0.481 e. The van der Waals surface area contributed by atoms with Crippen LogP contribution in [0.4, 0.5) is 13.2 Å². The lowest BCUT2D eigenvalue weighted by Gasteiger charge is -2.18. The van der Waals surface area contributed by atoms with Gasteiger partial charge < -0.3 is 10.0 Å². The molecule has 2 heterocycles. The van der Waals surface area contributed by atoms with E-state index in [0.29, 0.717) is 11.3 Å². The summed E-state index contributed by atoms with van der Waals surface area (Å²) in [6.07, 6.45) is -1.84. The van der Waals surface area contributed by atoms with Crippen molar-refractivity contribution in [3.05, 3.63) is 42.0 Å². The summed E-state index contributed by atoms with van der Waals surface area (Å²) in [5.74, 6) is -5.91. The molecule has 1 N–H and O–H groups in total. The number of carbonyl (C=O) groups is 2. The van der Waals surface area contributed by atoms with E-state index < -0.39 is 43.0 Å². The zero-order valence-corrected chi connectivity index (χ0v) is 13.6. The second kappa shape index (κ2) is 6.43. The Hall–Kier alpha value is -2.91. The Labute approximate surface area is 146 Å².